The van der Waals surface area contributed by atoms with Crippen molar-refractivity contribution < 1.29 is 9.59 Å². The van der Waals surface area contributed by atoms with Crippen LogP contribution in [0.1, 0.15) is 50.7 Å². The number of aryl methyl sites for hydroxylation is 1. The number of benzene rings is 1. The van der Waals surface area contributed by atoms with Crippen LogP contribution in [0.15, 0.2) is 24.3 Å². The molecule has 2 rings (SSSR count). The number of rotatable bonds is 5. The van der Waals surface area contributed by atoms with Crippen molar-refractivity contribution in [3.63, 3.8) is 0 Å². The van der Waals surface area contributed by atoms with Crippen LogP contribution in [0.4, 0.5) is 0 Å². The molecule has 1 N–H and O–H groups in total. The van der Waals surface area contributed by atoms with Gasteiger partial charge in [0.25, 0.3) is 0 Å². The lowest BCUT2D eigenvalue weighted by molar-refractivity contribution is -0.137. The van der Waals surface area contributed by atoms with Gasteiger partial charge in [0, 0.05) is 12.6 Å². The van der Waals surface area contributed by atoms with E-state index in [0.29, 0.717) is 6.54 Å². The highest BCUT2D eigenvalue weighted by molar-refractivity contribution is 5.89. The summed E-state index contributed by atoms with van der Waals surface area (Å²) in [6.07, 6.45) is 2.95. The number of carbonyl (C=O) groups excluding carboxylic acids is 2. The molecule has 0 spiro atoms. The molecule has 1 atom stereocenters. The van der Waals surface area contributed by atoms with Gasteiger partial charge in [-0.2, -0.15) is 0 Å². The zero-order valence-electron chi connectivity index (χ0n) is 13.8. The summed E-state index contributed by atoms with van der Waals surface area (Å²) in [5.41, 5.74) is 2.41. The van der Waals surface area contributed by atoms with Crippen LogP contribution in [-0.4, -0.2) is 35.8 Å². The van der Waals surface area contributed by atoms with Crippen LogP contribution >= 0.6 is 0 Å². The molecule has 1 unspecified atom stereocenters. The van der Waals surface area contributed by atoms with Crippen molar-refractivity contribution in [2.45, 2.75) is 52.0 Å². The van der Waals surface area contributed by atoms with Crippen molar-refractivity contribution in [3.05, 3.63) is 35.4 Å². The Hall–Kier alpha value is -1.84. The van der Waals surface area contributed by atoms with Crippen LogP contribution in [0.25, 0.3) is 0 Å². The Balaban J connectivity index is 2.11. The maximum absolute atomic E-state index is 12.9. The summed E-state index contributed by atoms with van der Waals surface area (Å²) in [6, 6.07) is 8.28. The van der Waals surface area contributed by atoms with Gasteiger partial charge >= 0.3 is 0 Å². The molecule has 0 aliphatic heterocycles. The van der Waals surface area contributed by atoms with Crippen molar-refractivity contribution in [2.24, 2.45) is 0 Å². The molecule has 0 aromatic heterocycles. The van der Waals surface area contributed by atoms with E-state index in [9.17, 15) is 9.59 Å². The molecular formula is C18H26N2O2. The number of carbonyl (C=O) groups is 2. The Bertz CT molecular complexity index is 540. The number of likely N-dealkylation sites (N-methyl/N-ethyl adjacent to an activating group) is 1. The van der Waals surface area contributed by atoms with Crippen molar-refractivity contribution in [1.29, 1.82) is 0 Å². The Labute approximate surface area is 132 Å². The quantitative estimate of drug-likeness (QED) is 0.908. The molecule has 1 aromatic rings. The van der Waals surface area contributed by atoms with Gasteiger partial charge in [-0.05, 0) is 51.2 Å². The van der Waals surface area contributed by atoms with Gasteiger partial charge in [-0.25, -0.2) is 0 Å². The van der Waals surface area contributed by atoms with Crippen LogP contribution < -0.4 is 5.32 Å². The minimum absolute atomic E-state index is 0.0774. The van der Waals surface area contributed by atoms with E-state index in [2.05, 4.69) is 17.4 Å². The molecule has 1 aliphatic rings. The van der Waals surface area contributed by atoms with E-state index in [-0.39, 0.29) is 30.3 Å². The first-order valence-corrected chi connectivity index (χ1v) is 8.18. The Morgan fingerprint density at radius 1 is 1.32 bits per heavy atom. The van der Waals surface area contributed by atoms with E-state index in [0.717, 1.165) is 24.8 Å². The zero-order chi connectivity index (χ0) is 16.1. The number of nitrogens with one attached hydrogen (secondary N) is 1. The molecule has 4 heteroatoms. The smallest absolute Gasteiger partial charge is 0.239 e. The second kappa shape index (κ2) is 7.43. The lowest BCUT2D eigenvalue weighted by atomic mass is 9.82. The third-order valence-electron chi connectivity index (χ3n) is 4.15. The van der Waals surface area contributed by atoms with E-state index in [4.69, 9.17) is 0 Å². The average molecular weight is 302 g/mol. The minimum atomic E-state index is -0.100. The molecule has 22 heavy (non-hydrogen) atoms. The molecule has 0 saturated carbocycles. The Morgan fingerprint density at radius 2 is 2.05 bits per heavy atom. The number of hydrogen-bond donors (Lipinski definition) is 1. The van der Waals surface area contributed by atoms with E-state index in [1.54, 1.807) is 4.90 Å². The molecule has 1 aliphatic carbocycles. The second-order valence-corrected chi connectivity index (χ2v) is 6.22. The molecule has 1 aromatic carbocycles. The van der Waals surface area contributed by atoms with E-state index >= 15 is 0 Å². The Morgan fingerprint density at radius 3 is 2.73 bits per heavy atom. The molecular weight excluding hydrogens is 276 g/mol. The minimum Gasteiger partial charge on any atom is -0.352 e. The van der Waals surface area contributed by atoms with Crippen LogP contribution in [0.5, 0.6) is 0 Å². The molecule has 4 nitrogen and oxygen atoms in total. The monoisotopic (exact) mass is 302 g/mol. The van der Waals surface area contributed by atoms with Crippen LogP contribution in [0.3, 0.4) is 0 Å². The summed E-state index contributed by atoms with van der Waals surface area (Å²) in [6.45, 7) is 6.48. The van der Waals surface area contributed by atoms with Gasteiger partial charge in [-0.3, -0.25) is 9.59 Å². The topological polar surface area (TPSA) is 49.4 Å². The molecule has 0 bridgehead atoms. The van der Waals surface area contributed by atoms with Crippen LogP contribution in [0.2, 0.25) is 0 Å². The highest BCUT2D eigenvalue weighted by Crippen LogP contribution is 2.32. The molecule has 2 amide bonds. The fraction of sp³-hybridized carbons (Fsp3) is 0.556. The van der Waals surface area contributed by atoms with Gasteiger partial charge in [0.2, 0.25) is 11.8 Å². The summed E-state index contributed by atoms with van der Waals surface area (Å²) in [7, 11) is 0. The predicted octanol–water partition coefficient (Wildman–Crippen LogP) is 2.48. The highest BCUT2D eigenvalue weighted by atomic mass is 16.2. The van der Waals surface area contributed by atoms with Crippen molar-refractivity contribution >= 4 is 11.8 Å². The summed E-state index contributed by atoms with van der Waals surface area (Å²) in [4.78, 5) is 26.5. The van der Waals surface area contributed by atoms with Gasteiger partial charge in [0.05, 0.1) is 12.5 Å². The fourth-order valence-corrected chi connectivity index (χ4v) is 3.12. The largest absolute Gasteiger partial charge is 0.352 e. The maximum atomic E-state index is 12.9. The summed E-state index contributed by atoms with van der Waals surface area (Å²) in [5, 5.41) is 2.85. The normalized spacial score (nSPS) is 17.0. The number of nitrogens with zero attached hydrogens (tertiary/aromatic N) is 1. The molecule has 0 saturated heterocycles. The predicted molar refractivity (Wildman–Crippen MR) is 87.7 cm³/mol. The van der Waals surface area contributed by atoms with Crippen LogP contribution in [0, 0.1) is 0 Å². The fourth-order valence-electron chi connectivity index (χ4n) is 3.12. The van der Waals surface area contributed by atoms with E-state index < -0.39 is 0 Å². The van der Waals surface area contributed by atoms with Gasteiger partial charge in [-0.1, -0.05) is 24.3 Å². The first-order chi connectivity index (χ1) is 10.5. The van der Waals surface area contributed by atoms with E-state index in [1.165, 1.54) is 5.56 Å². The van der Waals surface area contributed by atoms with Gasteiger partial charge in [0.1, 0.15) is 0 Å². The number of amides is 2. The molecule has 120 valence electrons. The van der Waals surface area contributed by atoms with Crippen molar-refractivity contribution in [1.82, 2.24) is 10.2 Å². The second-order valence-electron chi connectivity index (χ2n) is 6.22. The van der Waals surface area contributed by atoms with Crippen LogP contribution in [-0.2, 0) is 16.0 Å². The number of fused-ring (bicyclic) bond motifs is 1. The third-order valence-corrected chi connectivity index (χ3v) is 4.15. The van der Waals surface area contributed by atoms with Gasteiger partial charge < -0.3 is 10.2 Å². The number of hydrogen-bond acceptors (Lipinski definition) is 2. The molecule has 0 heterocycles. The van der Waals surface area contributed by atoms with Gasteiger partial charge in [-0.15, -0.1) is 0 Å². The SMILES string of the molecule is CCN(CC(=O)NC(C)C)C(=O)C1CCCc2ccccc21. The van der Waals surface area contributed by atoms with Crippen molar-refractivity contribution in [3.8, 4) is 0 Å². The maximum Gasteiger partial charge on any atom is 0.239 e. The average Bonchev–Trinajstić information content (AvgIpc) is 2.50. The Kier molecular flexibility index (Phi) is 5.58. The van der Waals surface area contributed by atoms with E-state index in [1.807, 2.05) is 32.9 Å². The first-order valence-electron chi connectivity index (χ1n) is 8.18. The zero-order valence-corrected chi connectivity index (χ0v) is 13.8. The highest BCUT2D eigenvalue weighted by Gasteiger charge is 2.30. The van der Waals surface area contributed by atoms with Gasteiger partial charge in [0.15, 0.2) is 0 Å². The lowest BCUT2D eigenvalue weighted by Crippen LogP contribution is -2.44. The van der Waals surface area contributed by atoms with Crippen molar-refractivity contribution in [2.75, 3.05) is 13.1 Å². The third kappa shape index (κ3) is 3.87. The molecule has 0 fully saturated rings. The summed E-state index contributed by atoms with van der Waals surface area (Å²) >= 11 is 0. The lowest BCUT2D eigenvalue weighted by Gasteiger charge is -2.30. The molecule has 0 radical (unpaired) electrons. The first kappa shape index (κ1) is 16.5. The summed E-state index contributed by atoms with van der Waals surface area (Å²) < 4.78 is 0. The summed E-state index contributed by atoms with van der Waals surface area (Å²) in [5.74, 6) is -0.111. The standard InChI is InChI=1S/C18H26N2O2/c1-4-20(12-17(21)19-13(2)3)18(22)16-11-7-9-14-8-5-6-10-15(14)16/h5-6,8,10,13,16H,4,7,9,11-12H2,1-3H3,(H,19,21).